The van der Waals surface area contributed by atoms with Crippen molar-refractivity contribution in [2.24, 2.45) is 0 Å². The van der Waals surface area contributed by atoms with Gasteiger partial charge in [0.2, 0.25) is 0 Å². The molecule has 0 radical (unpaired) electrons. The first-order valence-electron chi connectivity index (χ1n) is 7.54. The summed E-state index contributed by atoms with van der Waals surface area (Å²) in [5, 5.41) is 13.8. The van der Waals surface area contributed by atoms with Crippen molar-refractivity contribution < 1.29 is 9.90 Å². The second-order valence-corrected chi connectivity index (χ2v) is 5.76. The summed E-state index contributed by atoms with van der Waals surface area (Å²) in [7, 11) is 0. The van der Waals surface area contributed by atoms with Crippen molar-refractivity contribution in [1.82, 2.24) is 10.2 Å². The molecule has 1 aromatic carbocycles. The van der Waals surface area contributed by atoms with E-state index in [9.17, 15) is 9.90 Å². The van der Waals surface area contributed by atoms with E-state index in [4.69, 9.17) is 0 Å². The topological polar surface area (TPSA) is 52.6 Å². The maximum absolute atomic E-state index is 12.6. The van der Waals surface area contributed by atoms with Crippen molar-refractivity contribution in [3.05, 3.63) is 35.9 Å². The monoisotopic (exact) mass is 274 g/mol. The minimum absolute atomic E-state index is 0.146. The highest BCUT2D eigenvalue weighted by Gasteiger charge is 2.38. The number of carbonyl (C=O) groups is 1. The number of likely N-dealkylation sites (tertiary alicyclic amines) is 1. The van der Waals surface area contributed by atoms with E-state index in [-0.39, 0.29) is 11.9 Å². The second-order valence-electron chi connectivity index (χ2n) is 5.76. The van der Waals surface area contributed by atoms with Crippen LogP contribution in [0.2, 0.25) is 0 Å². The van der Waals surface area contributed by atoms with E-state index in [1.807, 2.05) is 35.2 Å². The van der Waals surface area contributed by atoms with Gasteiger partial charge in [0.15, 0.2) is 6.10 Å². The Bertz CT molecular complexity index is 457. The fourth-order valence-electron chi connectivity index (χ4n) is 3.46. The van der Waals surface area contributed by atoms with Crippen LogP contribution < -0.4 is 5.32 Å². The zero-order valence-electron chi connectivity index (χ0n) is 11.7. The van der Waals surface area contributed by atoms with Crippen LogP contribution in [0.5, 0.6) is 0 Å². The van der Waals surface area contributed by atoms with E-state index >= 15 is 0 Å². The van der Waals surface area contributed by atoms with Gasteiger partial charge in [0, 0.05) is 18.6 Å². The molecule has 2 saturated heterocycles. The number of hydrogen-bond donors (Lipinski definition) is 2. The maximum atomic E-state index is 12.6. The van der Waals surface area contributed by atoms with Crippen LogP contribution >= 0.6 is 0 Å². The summed E-state index contributed by atoms with van der Waals surface area (Å²) in [5.41, 5.74) is 0.683. The fourth-order valence-corrected chi connectivity index (χ4v) is 3.46. The van der Waals surface area contributed by atoms with Crippen molar-refractivity contribution in [3.8, 4) is 0 Å². The van der Waals surface area contributed by atoms with Crippen molar-refractivity contribution in [1.29, 1.82) is 0 Å². The van der Waals surface area contributed by atoms with Gasteiger partial charge < -0.3 is 15.3 Å². The molecule has 2 N–H and O–H groups in total. The quantitative estimate of drug-likeness (QED) is 0.877. The standard InChI is InChI=1S/C16H22N2O2/c19-15(12-6-2-1-3-7-12)16(20)18-11-5-9-14(18)13-8-4-10-17-13/h1-3,6-7,13-15,17,19H,4-5,8-11H2. The third kappa shape index (κ3) is 2.58. The van der Waals surface area contributed by atoms with Gasteiger partial charge in [-0.05, 0) is 37.8 Å². The van der Waals surface area contributed by atoms with Gasteiger partial charge in [0.25, 0.3) is 5.91 Å². The molecule has 0 aliphatic carbocycles. The van der Waals surface area contributed by atoms with Gasteiger partial charge in [-0.1, -0.05) is 30.3 Å². The number of benzene rings is 1. The summed E-state index contributed by atoms with van der Waals surface area (Å²) in [5.74, 6) is -0.146. The highest BCUT2D eigenvalue weighted by atomic mass is 16.3. The molecule has 2 aliphatic rings. The number of aliphatic hydroxyl groups is 1. The molecule has 0 bridgehead atoms. The third-order valence-corrected chi connectivity index (χ3v) is 4.49. The largest absolute Gasteiger partial charge is 0.378 e. The molecule has 3 rings (SSSR count). The molecule has 1 aromatic rings. The Labute approximate surface area is 119 Å². The Kier molecular flexibility index (Phi) is 4.03. The van der Waals surface area contributed by atoms with Crippen LogP contribution in [0.4, 0.5) is 0 Å². The number of hydrogen-bond acceptors (Lipinski definition) is 3. The van der Waals surface area contributed by atoms with Crippen LogP contribution in [0.3, 0.4) is 0 Å². The second kappa shape index (κ2) is 5.94. The van der Waals surface area contributed by atoms with Gasteiger partial charge in [0.05, 0.1) is 0 Å². The first-order valence-corrected chi connectivity index (χ1v) is 7.54. The first-order chi connectivity index (χ1) is 9.77. The van der Waals surface area contributed by atoms with E-state index < -0.39 is 6.10 Å². The Balaban J connectivity index is 1.72. The average Bonchev–Trinajstić information content (AvgIpc) is 3.16. The maximum Gasteiger partial charge on any atom is 0.256 e. The number of nitrogens with one attached hydrogen (secondary N) is 1. The number of aliphatic hydroxyl groups excluding tert-OH is 1. The van der Waals surface area contributed by atoms with Gasteiger partial charge in [-0.3, -0.25) is 4.79 Å². The van der Waals surface area contributed by atoms with Crippen LogP contribution in [0.15, 0.2) is 30.3 Å². The fraction of sp³-hybridized carbons (Fsp3) is 0.562. The van der Waals surface area contributed by atoms with E-state index in [0.717, 1.165) is 32.4 Å². The van der Waals surface area contributed by atoms with Crippen molar-refractivity contribution >= 4 is 5.91 Å². The lowest BCUT2D eigenvalue weighted by molar-refractivity contribution is -0.141. The molecular weight excluding hydrogens is 252 g/mol. The predicted molar refractivity (Wildman–Crippen MR) is 77.2 cm³/mol. The van der Waals surface area contributed by atoms with Gasteiger partial charge >= 0.3 is 0 Å². The van der Waals surface area contributed by atoms with Crippen LogP contribution in [0.25, 0.3) is 0 Å². The van der Waals surface area contributed by atoms with Crippen LogP contribution in [0, 0.1) is 0 Å². The molecule has 3 unspecified atom stereocenters. The lowest BCUT2D eigenvalue weighted by atomic mass is 10.0. The van der Waals surface area contributed by atoms with Crippen molar-refractivity contribution in [2.75, 3.05) is 13.1 Å². The lowest BCUT2D eigenvalue weighted by Gasteiger charge is -2.31. The zero-order chi connectivity index (χ0) is 13.9. The van der Waals surface area contributed by atoms with Gasteiger partial charge in [-0.15, -0.1) is 0 Å². The minimum Gasteiger partial charge on any atom is -0.378 e. The Hall–Kier alpha value is -1.39. The Morgan fingerprint density at radius 1 is 1.25 bits per heavy atom. The number of nitrogens with zero attached hydrogens (tertiary/aromatic N) is 1. The van der Waals surface area contributed by atoms with Crippen LogP contribution in [-0.4, -0.2) is 41.1 Å². The Morgan fingerprint density at radius 3 is 2.75 bits per heavy atom. The zero-order valence-corrected chi connectivity index (χ0v) is 11.7. The molecule has 20 heavy (non-hydrogen) atoms. The van der Waals surface area contributed by atoms with Gasteiger partial charge in [-0.25, -0.2) is 0 Å². The summed E-state index contributed by atoms with van der Waals surface area (Å²) >= 11 is 0. The number of rotatable bonds is 3. The molecule has 2 aliphatic heterocycles. The predicted octanol–water partition coefficient (Wildman–Crippen LogP) is 1.46. The molecule has 3 atom stereocenters. The Morgan fingerprint density at radius 2 is 2.05 bits per heavy atom. The molecule has 108 valence electrons. The SMILES string of the molecule is O=C(C(O)c1ccccc1)N1CCCC1C1CCCN1. The molecule has 2 heterocycles. The van der Waals surface area contributed by atoms with Crippen molar-refractivity contribution in [3.63, 3.8) is 0 Å². The van der Waals surface area contributed by atoms with Crippen LogP contribution in [0.1, 0.15) is 37.4 Å². The molecule has 4 nitrogen and oxygen atoms in total. The third-order valence-electron chi connectivity index (χ3n) is 4.49. The average molecular weight is 274 g/mol. The number of amides is 1. The van der Waals surface area contributed by atoms with Gasteiger partial charge in [-0.2, -0.15) is 0 Å². The lowest BCUT2D eigenvalue weighted by Crippen LogP contribution is -2.48. The molecule has 0 spiro atoms. The normalized spacial score (nSPS) is 27.8. The highest BCUT2D eigenvalue weighted by molar-refractivity contribution is 5.82. The number of carbonyl (C=O) groups excluding carboxylic acids is 1. The van der Waals surface area contributed by atoms with Gasteiger partial charge in [0.1, 0.15) is 0 Å². The van der Waals surface area contributed by atoms with E-state index in [0.29, 0.717) is 11.6 Å². The summed E-state index contributed by atoms with van der Waals surface area (Å²) in [6, 6.07) is 9.87. The van der Waals surface area contributed by atoms with E-state index in [2.05, 4.69) is 5.32 Å². The van der Waals surface area contributed by atoms with Crippen molar-refractivity contribution in [2.45, 2.75) is 43.9 Å². The van der Waals surface area contributed by atoms with E-state index in [1.165, 1.54) is 6.42 Å². The smallest absolute Gasteiger partial charge is 0.256 e. The summed E-state index contributed by atoms with van der Waals surface area (Å²) in [4.78, 5) is 14.5. The molecule has 4 heteroatoms. The molecule has 0 aromatic heterocycles. The summed E-state index contributed by atoms with van der Waals surface area (Å²) in [6.07, 6.45) is 3.37. The van der Waals surface area contributed by atoms with E-state index in [1.54, 1.807) is 0 Å². The molecule has 2 fully saturated rings. The summed E-state index contributed by atoms with van der Waals surface area (Å²) in [6.45, 7) is 1.82. The molecule has 1 amide bonds. The first kappa shape index (κ1) is 13.6. The molecular formula is C16H22N2O2. The molecule has 0 saturated carbocycles. The van der Waals surface area contributed by atoms with Crippen LogP contribution in [-0.2, 0) is 4.79 Å². The minimum atomic E-state index is -1.03. The summed E-state index contributed by atoms with van der Waals surface area (Å²) < 4.78 is 0. The highest BCUT2D eigenvalue weighted by Crippen LogP contribution is 2.28.